The van der Waals surface area contributed by atoms with E-state index in [1.807, 2.05) is 0 Å². The molecule has 0 radical (unpaired) electrons. The number of urea groups is 1. The average molecular weight is 323 g/mol. The summed E-state index contributed by atoms with van der Waals surface area (Å²) in [5.41, 5.74) is 0.301. The first kappa shape index (κ1) is 16.2. The van der Waals surface area contributed by atoms with Gasteiger partial charge in [-0.05, 0) is 45.3 Å². The molecule has 126 valence electrons. The van der Waals surface area contributed by atoms with E-state index in [2.05, 4.69) is 10.2 Å². The van der Waals surface area contributed by atoms with Gasteiger partial charge < -0.3 is 10.2 Å². The van der Waals surface area contributed by atoms with Crippen LogP contribution in [0.1, 0.15) is 37.8 Å². The predicted octanol–water partition coefficient (Wildman–Crippen LogP) is 2.91. The van der Waals surface area contributed by atoms with Crippen molar-refractivity contribution in [3.63, 3.8) is 0 Å². The number of nitrogens with one attached hydrogen (secondary N) is 1. The number of hydrogen-bond donors (Lipinski definition) is 1. The third kappa shape index (κ3) is 3.63. The minimum atomic E-state index is -0.630. The highest BCUT2D eigenvalue weighted by atomic mass is 19.1. The molecule has 1 aromatic carbocycles. The predicted molar refractivity (Wildman–Crippen MR) is 84.1 cm³/mol. The first-order valence-electron chi connectivity index (χ1n) is 8.29. The molecule has 2 aliphatic rings. The number of benzene rings is 1. The fourth-order valence-corrected chi connectivity index (χ4v) is 3.54. The number of hydrogen-bond acceptors (Lipinski definition) is 2. The number of carbonyl (C=O) groups excluding carboxylic acids is 1. The third-order valence-electron chi connectivity index (χ3n) is 4.88. The first-order chi connectivity index (χ1) is 11.0. The van der Waals surface area contributed by atoms with Gasteiger partial charge >= 0.3 is 6.03 Å². The fourth-order valence-electron chi connectivity index (χ4n) is 3.54. The topological polar surface area (TPSA) is 35.6 Å². The Hall–Kier alpha value is -1.69. The van der Waals surface area contributed by atoms with Crippen LogP contribution in [0.5, 0.6) is 0 Å². The minimum absolute atomic E-state index is 0.178. The summed E-state index contributed by atoms with van der Waals surface area (Å²) in [6.07, 6.45) is 3.47. The van der Waals surface area contributed by atoms with Crippen LogP contribution >= 0.6 is 0 Å². The molecule has 3 rings (SSSR count). The molecular weight excluding hydrogens is 300 g/mol. The SMILES string of the molecule is C[C@H](NC(=O)N1CC[C@H](N2CCCC2)C1)c1ccc(F)cc1F. The highest BCUT2D eigenvalue weighted by Crippen LogP contribution is 2.22. The molecule has 2 saturated heterocycles. The minimum Gasteiger partial charge on any atom is -0.331 e. The van der Waals surface area contributed by atoms with Crippen molar-refractivity contribution in [1.29, 1.82) is 0 Å². The average Bonchev–Trinajstić information content (AvgIpc) is 3.18. The summed E-state index contributed by atoms with van der Waals surface area (Å²) in [6.45, 7) is 5.41. The van der Waals surface area contributed by atoms with Gasteiger partial charge in [0.2, 0.25) is 0 Å². The zero-order valence-corrected chi connectivity index (χ0v) is 13.4. The number of rotatable bonds is 3. The van der Waals surface area contributed by atoms with Gasteiger partial charge in [0.05, 0.1) is 6.04 Å². The third-order valence-corrected chi connectivity index (χ3v) is 4.88. The summed E-state index contributed by atoms with van der Waals surface area (Å²) < 4.78 is 26.8. The van der Waals surface area contributed by atoms with Crippen molar-refractivity contribution < 1.29 is 13.6 Å². The van der Waals surface area contributed by atoms with Gasteiger partial charge in [-0.3, -0.25) is 4.90 Å². The highest BCUT2D eigenvalue weighted by Gasteiger charge is 2.32. The molecule has 0 unspecified atom stereocenters. The van der Waals surface area contributed by atoms with Crippen molar-refractivity contribution in [1.82, 2.24) is 15.1 Å². The molecule has 0 bridgehead atoms. The second-order valence-electron chi connectivity index (χ2n) is 6.47. The molecule has 1 N–H and O–H groups in total. The molecule has 2 amide bonds. The normalized spacial score (nSPS) is 23.3. The second kappa shape index (κ2) is 6.83. The van der Waals surface area contributed by atoms with Gasteiger partial charge in [0, 0.05) is 30.8 Å². The summed E-state index contributed by atoms with van der Waals surface area (Å²) in [5, 5.41) is 2.82. The largest absolute Gasteiger partial charge is 0.331 e. The van der Waals surface area contributed by atoms with E-state index in [1.54, 1.807) is 11.8 Å². The zero-order valence-electron chi connectivity index (χ0n) is 13.4. The van der Waals surface area contributed by atoms with Gasteiger partial charge in [-0.25, -0.2) is 13.6 Å². The summed E-state index contributed by atoms with van der Waals surface area (Å²) in [6, 6.07) is 3.21. The Morgan fingerprint density at radius 2 is 2.00 bits per heavy atom. The Morgan fingerprint density at radius 1 is 1.26 bits per heavy atom. The number of nitrogens with zero attached hydrogens (tertiary/aromatic N) is 2. The molecule has 2 aliphatic heterocycles. The van der Waals surface area contributed by atoms with Crippen LogP contribution in [-0.2, 0) is 0 Å². The fraction of sp³-hybridized carbons (Fsp3) is 0.588. The van der Waals surface area contributed by atoms with Crippen LogP contribution in [0.15, 0.2) is 18.2 Å². The lowest BCUT2D eigenvalue weighted by atomic mass is 10.1. The van der Waals surface area contributed by atoms with Crippen molar-refractivity contribution in [3.05, 3.63) is 35.4 Å². The lowest BCUT2D eigenvalue weighted by Crippen LogP contribution is -2.42. The van der Waals surface area contributed by atoms with Gasteiger partial charge in [0.25, 0.3) is 0 Å². The van der Waals surface area contributed by atoms with Gasteiger partial charge in [-0.15, -0.1) is 0 Å². The Morgan fingerprint density at radius 3 is 2.70 bits per heavy atom. The van der Waals surface area contributed by atoms with Crippen LogP contribution in [0, 0.1) is 11.6 Å². The molecule has 2 fully saturated rings. The standard InChI is InChI=1S/C17H23F2N3O/c1-12(15-5-4-13(18)10-16(15)19)20-17(23)22-9-6-14(11-22)21-7-2-3-8-21/h4-5,10,12,14H,2-3,6-9,11H2,1H3,(H,20,23)/t12-,14-/m0/s1. The number of likely N-dealkylation sites (tertiary alicyclic amines) is 2. The van der Waals surface area contributed by atoms with E-state index in [1.165, 1.54) is 25.0 Å². The maximum absolute atomic E-state index is 13.8. The molecular formula is C17H23F2N3O. The summed E-state index contributed by atoms with van der Waals surface area (Å²) in [7, 11) is 0. The van der Waals surface area contributed by atoms with Crippen molar-refractivity contribution >= 4 is 6.03 Å². The van der Waals surface area contributed by atoms with E-state index in [4.69, 9.17) is 0 Å². The molecule has 0 aromatic heterocycles. The summed E-state index contributed by atoms with van der Waals surface area (Å²) in [4.78, 5) is 16.6. The molecule has 2 atom stereocenters. The zero-order chi connectivity index (χ0) is 16.4. The maximum atomic E-state index is 13.8. The quantitative estimate of drug-likeness (QED) is 0.928. The van der Waals surface area contributed by atoms with Crippen molar-refractivity contribution in [2.75, 3.05) is 26.2 Å². The number of halogens is 2. The monoisotopic (exact) mass is 323 g/mol. The lowest BCUT2D eigenvalue weighted by Gasteiger charge is -2.25. The van der Waals surface area contributed by atoms with Gasteiger partial charge in [-0.2, -0.15) is 0 Å². The molecule has 0 aliphatic carbocycles. The molecule has 6 heteroatoms. The molecule has 23 heavy (non-hydrogen) atoms. The summed E-state index contributed by atoms with van der Waals surface area (Å²) in [5.74, 6) is -1.24. The summed E-state index contributed by atoms with van der Waals surface area (Å²) >= 11 is 0. The first-order valence-corrected chi connectivity index (χ1v) is 8.29. The Balaban J connectivity index is 1.56. The van der Waals surface area contributed by atoms with E-state index < -0.39 is 17.7 Å². The van der Waals surface area contributed by atoms with Gasteiger partial charge in [0.1, 0.15) is 11.6 Å². The van der Waals surface area contributed by atoms with Crippen LogP contribution in [0.4, 0.5) is 13.6 Å². The Labute approximate surface area is 135 Å². The Kier molecular flexibility index (Phi) is 4.80. The maximum Gasteiger partial charge on any atom is 0.317 e. The smallest absolute Gasteiger partial charge is 0.317 e. The van der Waals surface area contributed by atoms with Crippen LogP contribution in [0.25, 0.3) is 0 Å². The highest BCUT2D eigenvalue weighted by molar-refractivity contribution is 5.75. The molecule has 2 heterocycles. The van der Waals surface area contributed by atoms with E-state index in [-0.39, 0.29) is 6.03 Å². The van der Waals surface area contributed by atoms with Crippen molar-refractivity contribution in [2.24, 2.45) is 0 Å². The van der Waals surface area contributed by atoms with E-state index in [9.17, 15) is 13.6 Å². The van der Waals surface area contributed by atoms with Gasteiger partial charge in [0.15, 0.2) is 0 Å². The van der Waals surface area contributed by atoms with Crippen molar-refractivity contribution in [2.45, 2.75) is 38.3 Å². The van der Waals surface area contributed by atoms with E-state index in [0.717, 1.165) is 38.7 Å². The molecule has 1 aromatic rings. The Bertz CT molecular complexity index is 575. The molecule has 0 spiro atoms. The van der Waals surface area contributed by atoms with Crippen molar-refractivity contribution in [3.8, 4) is 0 Å². The van der Waals surface area contributed by atoms with Crippen LogP contribution in [-0.4, -0.2) is 48.1 Å². The molecule has 0 saturated carbocycles. The van der Waals surface area contributed by atoms with Crippen LogP contribution in [0.3, 0.4) is 0 Å². The molecule has 4 nitrogen and oxygen atoms in total. The van der Waals surface area contributed by atoms with Crippen LogP contribution in [0.2, 0.25) is 0 Å². The number of amides is 2. The van der Waals surface area contributed by atoms with Crippen LogP contribution < -0.4 is 5.32 Å². The lowest BCUT2D eigenvalue weighted by molar-refractivity contribution is 0.195. The number of carbonyl (C=O) groups is 1. The second-order valence-corrected chi connectivity index (χ2v) is 6.47. The van der Waals surface area contributed by atoms with E-state index >= 15 is 0 Å². The van der Waals surface area contributed by atoms with Gasteiger partial charge in [-0.1, -0.05) is 6.07 Å². The van der Waals surface area contributed by atoms with E-state index in [0.29, 0.717) is 11.6 Å².